The van der Waals surface area contributed by atoms with Crippen LogP contribution in [0, 0.1) is 10.1 Å². The standard InChI is InChI=1S/C14H22F3N5O2/c1-3-21(10-6-9-20-7-4-5-8-20)13-11(22(23)24)12(14(15,16)17)18-19(13)2/h3-10H2,1-2H3. The van der Waals surface area contributed by atoms with Crippen LogP contribution in [0.5, 0.6) is 0 Å². The van der Waals surface area contributed by atoms with Crippen molar-refractivity contribution in [2.24, 2.45) is 7.05 Å². The van der Waals surface area contributed by atoms with Crippen LogP contribution < -0.4 is 4.90 Å². The maximum atomic E-state index is 13.0. The number of rotatable bonds is 7. The van der Waals surface area contributed by atoms with Crippen LogP contribution in [0.2, 0.25) is 0 Å². The van der Waals surface area contributed by atoms with Crippen molar-refractivity contribution in [1.82, 2.24) is 14.7 Å². The normalized spacial score (nSPS) is 15.9. The van der Waals surface area contributed by atoms with Gasteiger partial charge < -0.3 is 9.80 Å². The number of anilines is 1. The minimum absolute atomic E-state index is 0.0868. The lowest BCUT2D eigenvalue weighted by Gasteiger charge is -2.23. The molecule has 0 aromatic carbocycles. The predicted octanol–water partition coefficient (Wildman–Crippen LogP) is 2.66. The van der Waals surface area contributed by atoms with Crippen molar-refractivity contribution in [3.05, 3.63) is 15.8 Å². The van der Waals surface area contributed by atoms with Crippen LogP contribution in [0.15, 0.2) is 0 Å². The molecule has 2 heterocycles. The first kappa shape index (κ1) is 18.5. The van der Waals surface area contributed by atoms with Gasteiger partial charge in [-0.2, -0.15) is 18.3 Å². The Kier molecular flexibility index (Phi) is 5.68. The molecule has 1 fully saturated rings. The summed E-state index contributed by atoms with van der Waals surface area (Å²) in [6, 6.07) is 0. The summed E-state index contributed by atoms with van der Waals surface area (Å²) in [5.41, 5.74) is -2.41. The number of hydrogen-bond donors (Lipinski definition) is 0. The molecule has 1 aliphatic rings. The monoisotopic (exact) mass is 349 g/mol. The van der Waals surface area contributed by atoms with Gasteiger partial charge in [0.15, 0.2) is 0 Å². The largest absolute Gasteiger partial charge is 0.442 e. The van der Waals surface area contributed by atoms with Gasteiger partial charge in [-0.3, -0.25) is 10.1 Å². The zero-order chi connectivity index (χ0) is 17.9. The third-order valence-electron chi connectivity index (χ3n) is 4.23. The molecule has 0 amide bonds. The van der Waals surface area contributed by atoms with E-state index in [1.807, 2.05) is 0 Å². The van der Waals surface area contributed by atoms with E-state index in [1.165, 1.54) is 19.9 Å². The molecule has 0 atom stereocenters. The summed E-state index contributed by atoms with van der Waals surface area (Å²) >= 11 is 0. The smallest absolute Gasteiger partial charge is 0.351 e. The highest BCUT2D eigenvalue weighted by Gasteiger charge is 2.45. The molecule has 1 aliphatic heterocycles. The first-order valence-corrected chi connectivity index (χ1v) is 8.01. The molecule has 0 radical (unpaired) electrons. The van der Waals surface area contributed by atoms with Gasteiger partial charge in [0.2, 0.25) is 11.5 Å². The number of aryl methyl sites for hydroxylation is 1. The quantitative estimate of drug-likeness (QED) is 0.559. The molecule has 24 heavy (non-hydrogen) atoms. The molecule has 1 saturated heterocycles. The summed E-state index contributed by atoms with van der Waals surface area (Å²) in [5.74, 6) is -0.0868. The summed E-state index contributed by atoms with van der Waals surface area (Å²) in [7, 11) is 1.31. The molecule has 136 valence electrons. The Labute approximate surface area is 138 Å². The van der Waals surface area contributed by atoms with Crippen molar-refractivity contribution in [2.75, 3.05) is 37.6 Å². The summed E-state index contributed by atoms with van der Waals surface area (Å²) in [4.78, 5) is 14.1. The number of nitro groups is 1. The highest BCUT2D eigenvalue weighted by atomic mass is 19.4. The number of alkyl halides is 3. The highest BCUT2D eigenvalue weighted by Crippen LogP contribution is 2.40. The van der Waals surface area contributed by atoms with Crippen LogP contribution >= 0.6 is 0 Å². The minimum atomic E-state index is -4.85. The summed E-state index contributed by atoms with van der Waals surface area (Å²) in [6.07, 6.45) is -1.79. The summed E-state index contributed by atoms with van der Waals surface area (Å²) in [5, 5.41) is 14.6. The van der Waals surface area contributed by atoms with E-state index < -0.39 is 22.5 Å². The zero-order valence-corrected chi connectivity index (χ0v) is 13.8. The number of hydrogen-bond acceptors (Lipinski definition) is 5. The van der Waals surface area contributed by atoms with E-state index in [0.717, 1.165) is 30.7 Å². The van der Waals surface area contributed by atoms with Crippen LogP contribution in [-0.4, -0.2) is 52.3 Å². The Balaban J connectivity index is 2.20. The van der Waals surface area contributed by atoms with E-state index in [1.54, 1.807) is 11.8 Å². The van der Waals surface area contributed by atoms with Gasteiger partial charge in [-0.05, 0) is 45.8 Å². The van der Waals surface area contributed by atoms with E-state index in [-0.39, 0.29) is 5.82 Å². The van der Waals surface area contributed by atoms with Crippen molar-refractivity contribution in [2.45, 2.75) is 32.4 Å². The average molecular weight is 349 g/mol. The van der Waals surface area contributed by atoms with Gasteiger partial charge in [0.05, 0.1) is 4.92 Å². The minimum Gasteiger partial charge on any atom is -0.351 e. The van der Waals surface area contributed by atoms with E-state index in [0.29, 0.717) is 13.1 Å². The van der Waals surface area contributed by atoms with Gasteiger partial charge in [0.25, 0.3) is 0 Å². The molecular formula is C14H22F3N5O2. The molecule has 2 rings (SSSR count). The Bertz CT molecular complexity index is 582. The van der Waals surface area contributed by atoms with Crippen molar-refractivity contribution >= 4 is 11.5 Å². The van der Waals surface area contributed by atoms with Crippen molar-refractivity contribution in [3.8, 4) is 0 Å². The lowest BCUT2D eigenvalue weighted by molar-refractivity contribution is -0.387. The topological polar surface area (TPSA) is 67.4 Å². The SMILES string of the molecule is CCN(CCCN1CCCC1)c1c([N+](=O)[O-])c(C(F)(F)F)nn1C. The molecule has 0 saturated carbocycles. The van der Waals surface area contributed by atoms with Gasteiger partial charge in [0.1, 0.15) is 0 Å². The van der Waals surface area contributed by atoms with Crippen LogP contribution in [0.25, 0.3) is 0 Å². The highest BCUT2D eigenvalue weighted by molar-refractivity contribution is 5.62. The number of aromatic nitrogens is 2. The van der Waals surface area contributed by atoms with Gasteiger partial charge >= 0.3 is 11.9 Å². The Morgan fingerprint density at radius 3 is 2.46 bits per heavy atom. The summed E-state index contributed by atoms with van der Waals surface area (Å²) < 4.78 is 40.0. The first-order chi connectivity index (χ1) is 11.3. The van der Waals surface area contributed by atoms with Gasteiger partial charge in [-0.25, -0.2) is 4.68 Å². The number of halogens is 3. The van der Waals surface area contributed by atoms with Crippen LogP contribution in [0.4, 0.5) is 24.7 Å². The van der Waals surface area contributed by atoms with E-state index in [4.69, 9.17) is 0 Å². The van der Waals surface area contributed by atoms with E-state index in [2.05, 4.69) is 10.00 Å². The molecule has 0 spiro atoms. The Morgan fingerprint density at radius 2 is 1.96 bits per heavy atom. The second-order valence-electron chi connectivity index (χ2n) is 5.88. The maximum absolute atomic E-state index is 13.0. The van der Waals surface area contributed by atoms with Crippen LogP contribution in [-0.2, 0) is 13.2 Å². The van der Waals surface area contributed by atoms with E-state index >= 15 is 0 Å². The molecule has 1 aromatic rings. The third kappa shape index (κ3) is 3.97. The van der Waals surface area contributed by atoms with Crippen molar-refractivity contribution < 1.29 is 18.1 Å². The van der Waals surface area contributed by atoms with Crippen LogP contribution in [0.3, 0.4) is 0 Å². The molecule has 0 unspecified atom stereocenters. The lowest BCUT2D eigenvalue weighted by Crippen LogP contribution is -2.30. The van der Waals surface area contributed by atoms with Crippen molar-refractivity contribution in [3.63, 3.8) is 0 Å². The second kappa shape index (κ2) is 7.37. The van der Waals surface area contributed by atoms with Gasteiger partial charge in [0, 0.05) is 20.1 Å². The first-order valence-electron chi connectivity index (χ1n) is 8.01. The molecular weight excluding hydrogens is 327 g/mol. The predicted molar refractivity (Wildman–Crippen MR) is 83.0 cm³/mol. The maximum Gasteiger partial charge on any atom is 0.442 e. The molecule has 1 aromatic heterocycles. The molecule has 7 nitrogen and oxygen atoms in total. The van der Waals surface area contributed by atoms with Crippen molar-refractivity contribution in [1.29, 1.82) is 0 Å². The molecule has 0 N–H and O–H groups in total. The molecule has 0 bridgehead atoms. The average Bonchev–Trinajstić information content (AvgIpc) is 3.11. The Hall–Kier alpha value is -1.84. The molecule has 10 heteroatoms. The summed E-state index contributed by atoms with van der Waals surface area (Å²) in [6.45, 7) is 5.50. The fourth-order valence-electron chi connectivity index (χ4n) is 3.12. The Morgan fingerprint density at radius 1 is 1.33 bits per heavy atom. The second-order valence-corrected chi connectivity index (χ2v) is 5.88. The third-order valence-corrected chi connectivity index (χ3v) is 4.23. The fourth-order valence-corrected chi connectivity index (χ4v) is 3.12. The molecule has 0 aliphatic carbocycles. The number of nitrogens with zero attached hydrogens (tertiary/aromatic N) is 5. The number of likely N-dealkylation sites (tertiary alicyclic amines) is 1. The lowest BCUT2D eigenvalue weighted by atomic mass is 10.3. The van der Waals surface area contributed by atoms with Gasteiger partial charge in [-0.1, -0.05) is 0 Å². The van der Waals surface area contributed by atoms with Gasteiger partial charge in [-0.15, -0.1) is 0 Å². The zero-order valence-electron chi connectivity index (χ0n) is 13.8. The fraction of sp³-hybridized carbons (Fsp3) is 0.786. The van der Waals surface area contributed by atoms with E-state index in [9.17, 15) is 23.3 Å². The van der Waals surface area contributed by atoms with Crippen LogP contribution in [0.1, 0.15) is 31.9 Å².